The zero-order chi connectivity index (χ0) is 16.2. The van der Waals surface area contributed by atoms with Gasteiger partial charge in [0.25, 0.3) is 5.91 Å². The number of nitrogens with zero attached hydrogens (tertiary/aromatic N) is 2. The molecule has 1 aliphatic rings. The molecule has 2 aromatic rings. The topological polar surface area (TPSA) is 73.3 Å². The summed E-state index contributed by atoms with van der Waals surface area (Å²) in [5.74, 6) is 1.33. The lowest BCUT2D eigenvalue weighted by Gasteiger charge is -2.07. The zero-order valence-corrected chi connectivity index (χ0v) is 13.8. The van der Waals surface area contributed by atoms with E-state index in [-0.39, 0.29) is 12.7 Å². The van der Waals surface area contributed by atoms with Crippen molar-refractivity contribution >= 4 is 17.7 Å². The lowest BCUT2D eigenvalue weighted by molar-refractivity contribution is 0.0948. The van der Waals surface area contributed by atoms with Crippen LogP contribution in [0, 0.1) is 6.92 Å². The lowest BCUT2D eigenvalue weighted by atomic mass is 10.1. The van der Waals surface area contributed by atoms with Crippen molar-refractivity contribution in [2.45, 2.75) is 18.5 Å². The molecule has 6 nitrogen and oxygen atoms in total. The summed E-state index contributed by atoms with van der Waals surface area (Å²) < 4.78 is 10.6. The van der Waals surface area contributed by atoms with E-state index in [1.54, 1.807) is 6.07 Å². The molecular formula is C16H17N3O3S. The molecule has 1 aliphatic heterocycles. The van der Waals surface area contributed by atoms with E-state index in [1.807, 2.05) is 31.4 Å². The van der Waals surface area contributed by atoms with Gasteiger partial charge in [0.1, 0.15) is 5.69 Å². The maximum absolute atomic E-state index is 12.2. The van der Waals surface area contributed by atoms with Gasteiger partial charge in [-0.15, -0.1) is 0 Å². The van der Waals surface area contributed by atoms with Crippen LogP contribution in [0.15, 0.2) is 29.4 Å². The predicted molar refractivity (Wildman–Crippen MR) is 87.2 cm³/mol. The second-order valence-corrected chi connectivity index (χ2v) is 5.85. The van der Waals surface area contributed by atoms with Crippen molar-refractivity contribution in [2.75, 3.05) is 19.6 Å². The third kappa shape index (κ3) is 3.73. The minimum Gasteiger partial charge on any atom is -0.454 e. The van der Waals surface area contributed by atoms with Crippen molar-refractivity contribution in [3.8, 4) is 11.5 Å². The molecule has 0 aliphatic carbocycles. The summed E-state index contributed by atoms with van der Waals surface area (Å²) in [5, 5.41) is 3.49. The van der Waals surface area contributed by atoms with Gasteiger partial charge in [-0.1, -0.05) is 17.8 Å². The van der Waals surface area contributed by atoms with Crippen LogP contribution in [0.5, 0.6) is 11.5 Å². The maximum Gasteiger partial charge on any atom is 0.270 e. The lowest BCUT2D eigenvalue weighted by Crippen LogP contribution is -2.27. The first-order chi connectivity index (χ1) is 11.2. The van der Waals surface area contributed by atoms with Crippen LogP contribution < -0.4 is 14.8 Å². The van der Waals surface area contributed by atoms with Gasteiger partial charge in [0, 0.05) is 12.2 Å². The van der Waals surface area contributed by atoms with E-state index in [4.69, 9.17) is 9.47 Å². The molecule has 0 spiro atoms. The minimum absolute atomic E-state index is 0.188. The van der Waals surface area contributed by atoms with Crippen LogP contribution in [0.1, 0.15) is 21.7 Å². The van der Waals surface area contributed by atoms with Crippen LogP contribution in [0.25, 0.3) is 0 Å². The standard InChI is InChI=1S/C16H17N3O3S/c1-10-7-12(19-16(18-10)23-2)15(20)17-6-5-11-3-4-13-14(8-11)22-9-21-13/h3-4,7-8H,5-6,9H2,1-2H3,(H,17,20). The average molecular weight is 331 g/mol. The van der Waals surface area contributed by atoms with Crippen molar-refractivity contribution in [2.24, 2.45) is 0 Å². The Kier molecular flexibility index (Phi) is 4.66. The number of thioether (sulfide) groups is 1. The van der Waals surface area contributed by atoms with E-state index in [0.29, 0.717) is 23.8 Å². The van der Waals surface area contributed by atoms with Gasteiger partial charge in [0.05, 0.1) is 0 Å². The molecule has 1 aromatic heterocycles. The van der Waals surface area contributed by atoms with Gasteiger partial charge in [-0.05, 0) is 43.4 Å². The molecule has 0 bridgehead atoms. The molecule has 3 rings (SSSR count). The molecule has 23 heavy (non-hydrogen) atoms. The number of hydrogen-bond acceptors (Lipinski definition) is 6. The first-order valence-electron chi connectivity index (χ1n) is 7.22. The SMILES string of the molecule is CSc1nc(C)cc(C(=O)NCCc2ccc3c(c2)OCO3)n1. The van der Waals surface area contributed by atoms with Crippen molar-refractivity contribution in [3.05, 3.63) is 41.2 Å². The molecule has 0 atom stereocenters. The average Bonchev–Trinajstić information content (AvgIpc) is 3.01. The highest BCUT2D eigenvalue weighted by Gasteiger charge is 2.14. The summed E-state index contributed by atoms with van der Waals surface area (Å²) in [6.07, 6.45) is 2.60. The summed E-state index contributed by atoms with van der Waals surface area (Å²) in [4.78, 5) is 20.7. The van der Waals surface area contributed by atoms with E-state index in [0.717, 1.165) is 22.8 Å². The van der Waals surface area contributed by atoms with E-state index >= 15 is 0 Å². The number of nitrogens with one attached hydrogen (secondary N) is 1. The third-order valence-corrected chi connectivity index (χ3v) is 3.93. The second-order valence-electron chi connectivity index (χ2n) is 5.07. The third-order valence-electron chi connectivity index (χ3n) is 3.39. The van der Waals surface area contributed by atoms with Crippen molar-refractivity contribution in [3.63, 3.8) is 0 Å². The van der Waals surface area contributed by atoms with Gasteiger partial charge in [-0.2, -0.15) is 0 Å². The molecule has 2 heterocycles. The Balaban J connectivity index is 1.58. The maximum atomic E-state index is 12.2. The zero-order valence-electron chi connectivity index (χ0n) is 13.0. The quantitative estimate of drug-likeness (QED) is 0.669. The second kappa shape index (κ2) is 6.87. The van der Waals surface area contributed by atoms with E-state index in [9.17, 15) is 4.79 Å². The normalized spacial score (nSPS) is 12.3. The molecular weight excluding hydrogens is 314 g/mol. The molecule has 0 unspecified atom stereocenters. The van der Waals surface area contributed by atoms with Crippen LogP contribution in [-0.2, 0) is 6.42 Å². The Bertz CT molecular complexity index is 737. The van der Waals surface area contributed by atoms with Gasteiger partial charge in [0.15, 0.2) is 16.7 Å². The fourth-order valence-electron chi connectivity index (χ4n) is 2.26. The van der Waals surface area contributed by atoms with Gasteiger partial charge < -0.3 is 14.8 Å². The fourth-order valence-corrected chi connectivity index (χ4v) is 2.68. The number of aromatic nitrogens is 2. The van der Waals surface area contributed by atoms with Crippen molar-refractivity contribution < 1.29 is 14.3 Å². The number of carbonyl (C=O) groups excluding carboxylic acids is 1. The highest BCUT2D eigenvalue weighted by Crippen LogP contribution is 2.32. The van der Waals surface area contributed by atoms with Crippen molar-refractivity contribution in [1.29, 1.82) is 0 Å². The highest BCUT2D eigenvalue weighted by molar-refractivity contribution is 7.98. The van der Waals surface area contributed by atoms with Gasteiger partial charge in [-0.25, -0.2) is 9.97 Å². The van der Waals surface area contributed by atoms with E-state index < -0.39 is 0 Å². The Morgan fingerprint density at radius 2 is 2.09 bits per heavy atom. The smallest absolute Gasteiger partial charge is 0.270 e. The molecule has 1 N–H and O–H groups in total. The summed E-state index contributed by atoms with van der Waals surface area (Å²) in [7, 11) is 0. The van der Waals surface area contributed by atoms with Crippen LogP contribution in [0.3, 0.4) is 0 Å². The predicted octanol–water partition coefficient (Wildman–Crippen LogP) is 2.21. The van der Waals surface area contributed by atoms with Crippen molar-refractivity contribution in [1.82, 2.24) is 15.3 Å². The number of fused-ring (bicyclic) bond motifs is 1. The van der Waals surface area contributed by atoms with Gasteiger partial charge in [0.2, 0.25) is 6.79 Å². The number of rotatable bonds is 5. The molecule has 0 fully saturated rings. The molecule has 0 saturated carbocycles. The number of carbonyl (C=O) groups is 1. The van der Waals surface area contributed by atoms with Crippen LogP contribution in [0.4, 0.5) is 0 Å². The van der Waals surface area contributed by atoms with Gasteiger partial charge in [-0.3, -0.25) is 4.79 Å². The Morgan fingerprint density at radius 3 is 2.91 bits per heavy atom. The summed E-state index contributed by atoms with van der Waals surface area (Å²) in [6.45, 7) is 2.64. The molecule has 0 radical (unpaired) electrons. The molecule has 1 amide bonds. The minimum atomic E-state index is -0.188. The molecule has 120 valence electrons. The fraction of sp³-hybridized carbons (Fsp3) is 0.312. The molecule has 0 saturated heterocycles. The summed E-state index contributed by atoms with van der Waals surface area (Å²) in [6, 6.07) is 7.49. The Morgan fingerprint density at radius 1 is 1.26 bits per heavy atom. The highest BCUT2D eigenvalue weighted by atomic mass is 32.2. The number of hydrogen-bond donors (Lipinski definition) is 1. The monoisotopic (exact) mass is 331 g/mol. The van der Waals surface area contributed by atoms with Crippen LogP contribution in [0.2, 0.25) is 0 Å². The summed E-state index contributed by atoms with van der Waals surface area (Å²) >= 11 is 1.42. The van der Waals surface area contributed by atoms with Crippen LogP contribution in [-0.4, -0.2) is 35.5 Å². The molecule has 1 aromatic carbocycles. The number of aryl methyl sites for hydroxylation is 1. The first-order valence-corrected chi connectivity index (χ1v) is 8.44. The Labute approximate surface area is 138 Å². The number of benzene rings is 1. The largest absolute Gasteiger partial charge is 0.454 e. The molecule has 7 heteroatoms. The van der Waals surface area contributed by atoms with Crippen LogP contribution >= 0.6 is 11.8 Å². The number of amides is 1. The summed E-state index contributed by atoms with van der Waals surface area (Å²) in [5.41, 5.74) is 2.26. The number of ether oxygens (including phenoxy) is 2. The van der Waals surface area contributed by atoms with E-state index in [2.05, 4.69) is 15.3 Å². The first kappa shape index (κ1) is 15.6. The Hall–Kier alpha value is -2.28. The van der Waals surface area contributed by atoms with Gasteiger partial charge >= 0.3 is 0 Å². The van der Waals surface area contributed by atoms with E-state index in [1.165, 1.54) is 11.8 Å².